The quantitative estimate of drug-likeness (QED) is 0.515. The maximum absolute atomic E-state index is 11.1. The summed E-state index contributed by atoms with van der Waals surface area (Å²) in [4.78, 5) is 11.1. The lowest BCUT2D eigenvalue weighted by atomic mass is 10.1. The Morgan fingerprint density at radius 3 is 2.95 bits per heavy atom. The molecule has 1 aromatic rings. The SMILES string of the molecule is CCCOc1ccc(C=O)c(OCCCC2CCCO2)c1. The highest BCUT2D eigenvalue weighted by Gasteiger charge is 2.14. The van der Waals surface area contributed by atoms with E-state index < -0.39 is 0 Å². The summed E-state index contributed by atoms with van der Waals surface area (Å²) in [5, 5.41) is 0. The molecule has 1 unspecified atom stereocenters. The van der Waals surface area contributed by atoms with E-state index in [9.17, 15) is 4.79 Å². The Bertz CT molecular complexity index is 438. The van der Waals surface area contributed by atoms with E-state index in [1.54, 1.807) is 18.2 Å². The number of hydrogen-bond acceptors (Lipinski definition) is 4. The van der Waals surface area contributed by atoms with Crippen LogP contribution in [0.15, 0.2) is 18.2 Å². The average Bonchev–Trinajstić information content (AvgIpc) is 3.03. The Balaban J connectivity index is 1.82. The van der Waals surface area contributed by atoms with Crippen LogP contribution in [-0.2, 0) is 4.74 Å². The second kappa shape index (κ2) is 8.67. The molecule has 2 rings (SSSR count). The molecule has 1 aliphatic heterocycles. The van der Waals surface area contributed by atoms with Gasteiger partial charge in [0, 0.05) is 12.7 Å². The van der Waals surface area contributed by atoms with Gasteiger partial charge in [-0.3, -0.25) is 4.79 Å². The number of benzene rings is 1. The first-order valence-corrected chi connectivity index (χ1v) is 7.80. The molecule has 0 aliphatic carbocycles. The Hall–Kier alpha value is -1.55. The normalized spacial score (nSPS) is 17.7. The van der Waals surface area contributed by atoms with Gasteiger partial charge in [-0.2, -0.15) is 0 Å². The number of carbonyl (C=O) groups excluding carboxylic acids is 1. The molecule has 0 aromatic heterocycles. The molecule has 4 nitrogen and oxygen atoms in total. The van der Waals surface area contributed by atoms with Crippen molar-refractivity contribution < 1.29 is 19.0 Å². The minimum atomic E-state index is 0.387. The molecule has 1 saturated heterocycles. The molecule has 1 atom stereocenters. The second-order valence-electron chi connectivity index (χ2n) is 5.29. The Kier molecular flexibility index (Phi) is 6.54. The minimum absolute atomic E-state index is 0.387. The molecular formula is C17H24O4. The lowest BCUT2D eigenvalue weighted by molar-refractivity contribution is 0.0978. The van der Waals surface area contributed by atoms with Crippen LogP contribution in [0.1, 0.15) is 49.4 Å². The molecular weight excluding hydrogens is 268 g/mol. The molecule has 0 radical (unpaired) electrons. The zero-order chi connectivity index (χ0) is 14.9. The highest BCUT2D eigenvalue weighted by Crippen LogP contribution is 2.24. The third kappa shape index (κ3) is 5.05. The summed E-state index contributed by atoms with van der Waals surface area (Å²) in [7, 11) is 0. The van der Waals surface area contributed by atoms with Crippen LogP contribution in [0.25, 0.3) is 0 Å². The van der Waals surface area contributed by atoms with E-state index in [4.69, 9.17) is 14.2 Å². The Morgan fingerprint density at radius 1 is 1.33 bits per heavy atom. The maximum atomic E-state index is 11.1. The standard InChI is InChI=1S/C17H24O4/c1-2-9-19-16-8-7-14(13-18)17(12-16)21-11-4-6-15-5-3-10-20-15/h7-8,12-13,15H,2-6,9-11H2,1H3. The number of carbonyl (C=O) groups is 1. The van der Waals surface area contributed by atoms with Crippen molar-refractivity contribution in [1.29, 1.82) is 0 Å². The fourth-order valence-electron chi connectivity index (χ4n) is 2.41. The van der Waals surface area contributed by atoms with Crippen LogP contribution in [0, 0.1) is 0 Å². The van der Waals surface area contributed by atoms with E-state index in [0.29, 0.717) is 30.6 Å². The van der Waals surface area contributed by atoms with Crippen LogP contribution in [0.4, 0.5) is 0 Å². The molecule has 0 bridgehead atoms. The van der Waals surface area contributed by atoms with Gasteiger partial charge in [0.1, 0.15) is 11.5 Å². The average molecular weight is 292 g/mol. The van der Waals surface area contributed by atoms with Crippen molar-refractivity contribution in [3.8, 4) is 11.5 Å². The van der Waals surface area contributed by atoms with E-state index in [-0.39, 0.29) is 0 Å². The maximum Gasteiger partial charge on any atom is 0.153 e. The first-order valence-electron chi connectivity index (χ1n) is 7.80. The fraction of sp³-hybridized carbons (Fsp3) is 0.588. The van der Waals surface area contributed by atoms with Crippen molar-refractivity contribution >= 4 is 6.29 Å². The third-order valence-corrected chi connectivity index (χ3v) is 3.54. The van der Waals surface area contributed by atoms with Crippen molar-refractivity contribution in [2.45, 2.75) is 45.1 Å². The Morgan fingerprint density at radius 2 is 2.24 bits per heavy atom. The summed E-state index contributed by atoms with van der Waals surface area (Å²) in [6.45, 7) is 4.21. The fourth-order valence-corrected chi connectivity index (χ4v) is 2.41. The number of rotatable bonds is 9. The topological polar surface area (TPSA) is 44.8 Å². The van der Waals surface area contributed by atoms with Gasteiger partial charge in [-0.05, 0) is 44.2 Å². The molecule has 4 heteroatoms. The summed E-state index contributed by atoms with van der Waals surface area (Å²) < 4.78 is 16.9. The van der Waals surface area contributed by atoms with Crippen molar-refractivity contribution in [1.82, 2.24) is 0 Å². The highest BCUT2D eigenvalue weighted by molar-refractivity contribution is 5.79. The van der Waals surface area contributed by atoms with Crippen LogP contribution >= 0.6 is 0 Å². The monoisotopic (exact) mass is 292 g/mol. The van der Waals surface area contributed by atoms with Crippen molar-refractivity contribution in [2.75, 3.05) is 19.8 Å². The van der Waals surface area contributed by atoms with Crippen LogP contribution in [0.5, 0.6) is 11.5 Å². The third-order valence-electron chi connectivity index (χ3n) is 3.54. The summed E-state index contributed by atoms with van der Waals surface area (Å²) in [6.07, 6.45) is 6.42. The summed E-state index contributed by atoms with van der Waals surface area (Å²) in [5.41, 5.74) is 0.566. The van der Waals surface area contributed by atoms with Crippen LogP contribution < -0.4 is 9.47 Å². The second-order valence-corrected chi connectivity index (χ2v) is 5.29. The summed E-state index contributed by atoms with van der Waals surface area (Å²) in [6, 6.07) is 5.34. The van der Waals surface area contributed by atoms with E-state index in [1.807, 2.05) is 0 Å². The summed E-state index contributed by atoms with van der Waals surface area (Å²) in [5.74, 6) is 1.35. The molecule has 1 heterocycles. The first-order chi connectivity index (χ1) is 10.3. The Labute approximate surface area is 126 Å². The molecule has 0 spiro atoms. The predicted octanol–water partition coefficient (Wildman–Crippen LogP) is 3.63. The van der Waals surface area contributed by atoms with E-state index in [2.05, 4.69) is 6.92 Å². The van der Waals surface area contributed by atoms with Gasteiger partial charge in [-0.25, -0.2) is 0 Å². The van der Waals surface area contributed by atoms with Gasteiger partial charge >= 0.3 is 0 Å². The van der Waals surface area contributed by atoms with Gasteiger partial charge in [-0.1, -0.05) is 6.92 Å². The van der Waals surface area contributed by atoms with Crippen molar-refractivity contribution in [2.24, 2.45) is 0 Å². The summed E-state index contributed by atoms with van der Waals surface area (Å²) >= 11 is 0. The van der Waals surface area contributed by atoms with Crippen LogP contribution in [-0.4, -0.2) is 32.2 Å². The van der Waals surface area contributed by atoms with Gasteiger partial charge in [0.05, 0.1) is 24.9 Å². The largest absolute Gasteiger partial charge is 0.493 e. The minimum Gasteiger partial charge on any atom is -0.493 e. The number of ether oxygens (including phenoxy) is 3. The van der Waals surface area contributed by atoms with Gasteiger partial charge in [0.25, 0.3) is 0 Å². The van der Waals surface area contributed by atoms with Gasteiger partial charge in [0.15, 0.2) is 6.29 Å². The molecule has 0 saturated carbocycles. The molecule has 0 amide bonds. The highest BCUT2D eigenvalue weighted by atomic mass is 16.5. The van der Waals surface area contributed by atoms with Crippen LogP contribution in [0.3, 0.4) is 0 Å². The first kappa shape index (κ1) is 15.8. The molecule has 1 fully saturated rings. The van der Waals surface area contributed by atoms with E-state index in [1.165, 1.54) is 0 Å². The number of hydrogen-bond donors (Lipinski definition) is 0. The predicted molar refractivity (Wildman–Crippen MR) is 81.3 cm³/mol. The molecule has 1 aliphatic rings. The lowest BCUT2D eigenvalue weighted by Crippen LogP contribution is -2.08. The molecule has 21 heavy (non-hydrogen) atoms. The van der Waals surface area contributed by atoms with Gasteiger partial charge in [-0.15, -0.1) is 0 Å². The smallest absolute Gasteiger partial charge is 0.153 e. The van der Waals surface area contributed by atoms with E-state index >= 15 is 0 Å². The van der Waals surface area contributed by atoms with Gasteiger partial charge in [0.2, 0.25) is 0 Å². The number of aldehydes is 1. The zero-order valence-corrected chi connectivity index (χ0v) is 12.7. The van der Waals surface area contributed by atoms with Crippen molar-refractivity contribution in [3.63, 3.8) is 0 Å². The molecule has 0 N–H and O–H groups in total. The zero-order valence-electron chi connectivity index (χ0n) is 12.7. The lowest BCUT2D eigenvalue weighted by Gasteiger charge is -2.12. The van der Waals surface area contributed by atoms with Crippen molar-refractivity contribution in [3.05, 3.63) is 23.8 Å². The molecule has 116 valence electrons. The molecule has 1 aromatic carbocycles. The van der Waals surface area contributed by atoms with E-state index in [0.717, 1.165) is 50.7 Å². The van der Waals surface area contributed by atoms with Gasteiger partial charge < -0.3 is 14.2 Å². The van der Waals surface area contributed by atoms with Crippen LogP contribution in [0.2, 0.25) is 0 Å².